The second-order valence-corrected chi connectivity index (χ2v) is 5.68. The summed E-state index contributed by atoms with van der Waals surface area (Å²) < 4.78 is 5.17. The highest BCUT2D eigenvalue weighted by Gasteiger charge is 2.17. The van der Waals surface area contributed by atoms with Crippen LogP contribution in [0.3, 0.4) is 0 Å². The van der Waals surface area contributed by atoms with E-state index in [1.807, 2.05) is 12.1 Å². The van der Waals surface area contributed by atoms with Crippen LogP contribution in [0.4, 0.5) is 0 Å². The lowest BCUT2D eigenvalue weighted by Gasteiger charge is -2.31. The van der Waals surface area contributed by atoms with Gasteiger partial charge in [-0.25, -0.2) is 0 Å². The van der Waals surface area contributed by atoms with E-state index in [0.29, 0.717) is 0 Å². The van der Waals surface area contributed by atoms with Crippen molar-refractivity contribution in [2.24, 2.45) is 5.92 Å². The van der Waals surface area contributed by atoms with Gasteiger partial charge in [0.1, 0.15) is 5.75 Å². The number of piperidine rings is 1. The summed E-state index contributed by atoms with van der Waals surface area (Å²) in [5, 5.41) is 1.17. The van der Waals surface area contributed by atoms with E-state index < -0.39 is 0 Å². The fourth-order valence-electron chi connectivity index (χ4n) is 2.44. The van der Waals surface area contributed by atoms with E-state index in [0.717, 1.165) is 18.1 Å². The first-order chi connectivity index (χ1) is 8.81. The van der Waals surface area contributed by atoms with Crippen LogP contribution in [0.1, 0.15) is 18.4 Å². The van der Waals surface area contributed by atoms with Crippen molar-refractivity contribution in [1.29, 1.82) is 0 Å². The fourth-order valence-corrected chi connectivity index (χ4v) is 3.09. The molecule has 0 spiro atoms. The molecule has 1 aliphatic rings. The summed E-state index contributed by atoms with van der Waals surface area (Å²) in [6, 6.07) is 8.44. The maximum Gasteiger partial charge on any atom is 0.118 e. The van der Waals surface area contributed by atoms with Crippen molar-refractivity contribution < 1.29 is 4.74 Å². The summed E-state index contributed by atoms with van der Waals surface area (Å²) in [6.45, 7) is 3.69. The number of alkyl halides is 1. The second kappa shape index (κ2) is 7.15. The molecule has 0 bridgehead atoms. The van der Waals surface area contributed by atoms with Crippen LogP contribution in [-0.4, -0.2) is 37.0 Å². The van der Waals surface area contributed by atoms with Crippen LogP contribution in [0.25, 0.3) is 0 Å². The van der Waals surface area contributed by atoms with Gasteiger partial charge in [-0.05, 0) is 56.0 Å². The zero-order valence-corrected chi connectivity index (χ0v) is 12.7. The maximum atomic E-state index is 5.17. The quantitative estimate of drug-likeness (QED) is 0.773. The largest absolute Gasteiger partial charge is 0.497 e. The Bertz CT molecular complexity index is 344. The first kappa shape index (κ1) is 13.9. The Labute approximate surface area is 118 Å². The van der Waals surface area contributed by atoms with E-state index in [1.165, 1.54) is 43.4 Å². The molecule has 2 nitrogen and oxygen atoms in total. The van der Waals surface area contributed by atoms with Gasteiger partial charge in [-0.3, -0.25) is 0 Å². The fraction of sp³-hybridized carbons (Fsp3) is 0.600. The standard InChI is InChI=1S/C15H22BrNO/c1-18-15-4-2-13(3-5-15)6-9-17-10-7-14(12-16)8-11-17/h2-5,14H,6-12H2,1H3. The van der Waals surface area contributed by atoms with Crippen molar-refractivity contribution in [3.8, 4) is 5.75 Å². The first-order valence-electron chi connectivity index (χ1n) is 6.73. The zero-order chi connectivity index (χ0) is 12.8. The van der Waals surface area contributed by atoms with Crippen molar-refractivity contribution >= 4 is 15.9 Å². The summed E-state index contributed by atoms with van der Waals surface area (Å²) in [5.41, 5.74) is 1.40. The molecule has 2 rings (SSSR count). The van der Waals surface area contributed by atoms with Crippen molar-refractivity contribution in [1.82, 2.24) is 4.90 Å². The maximum absolute atomic E-state index is 5.17. The third-order valence-electron chi connectivity index (χ3n) is 3.80. The number of hydrogen-bond donors (Lipinski definition) is 0. The van der Waals surface area contributed by atoms with Gasteiger partial charge in [-0.15, -0.1) is 0 Å². The van der Waals surface area contributed by atoms with E-state index >= 15 is 0 Å². The Balaban J connectivity index is 1.74. The molecular weight excluding hydrogens is 290 g/mol. The van der Waals surface area contributed by atoms with Gasteiger partial charge in [0.2, 0.25) is 0 Å². The van der Waals surface area contributed by atoms with Crippen LogP contribution in [0.15, 0.2) is 24.3 Å². The van der Waals surface area contributed by atoms with Gasteiger partial charge < -0.3 is 9.64 Å². The van der Waals surface area contributed by atoms with E-state index in [2.05, 4.69) is 33.0 Å². The molecule has 0 radical (unpaired) electrons. The van der Waals surface area contributed by atoms with Crippen LogP contribution in [0, 0.1) is 5.92 Å². The number of nitrogens with zero attached hydrogens (tertiary/aromatic N) is 1. The van der Waals surface area contributed by atoms with Gasteiger partial charge in [0.25, 0.3) is 0 Å². The second-order valence-electron chi connectivity index (χ2n) is 5.04. The Morgan fingerprint density at radius 3 is 2.44 bits per heavy atom. The Kier molecular flexibility index (Phi) is 5.51. The Morgan fingerprint density at radius 2 is 1.89 bits per heavy atom. The van der Waals surface area contributed by atoms with Crippen LogP contribution < -0.4 is 4.74 Å². The average Bonchev–Trinajstić information content (AvgIpc) is 2.46. The number of likely N-dealkylation sites (tertiary alicyclic amines) is 1. The summed E-state index contributed by atoms with van der Waals surface area (Å²) in [5.74, 6) is 1.83. The molecule has 0 aromatic heterocycles. The van der Waals surface area contributed by atoms with Gasteiger partial charge in [0.15, 0.2) is 0 Å². The molecule has 0 N–H and O–H groups in total. The molecule has 100 valence electrons. The van der Waals surface area contributed by atoms with Gasteiger partial charge in [-0.2, -0.15) is 0 Å². The minimum absolute atomic E-state index is 0.891. The van der Waals surface area contributed by atoms with Crippen LogP contribution in [0.5, 0.6) is 5.75 Å². The van der Waals surface area contributed by atoms with E-state index in [9.17, 15) is 0 Å². The SMILES string of the molecule is COc1ccc(CCN2CCC(CBr)CC2)cc1. The highest BCUT2D eigenvalue weighted by Crippen LogP contribution is 2.19. The minimum Gasteiger partial charge on any atom is -0.497 e. The lowest BCUT2D eigenvalue weighted by Crippen LogP contribution is -2.35. The molecule has 0 saturated carbocycles. The summed E-state index contributed by atoms with van der Waals surface area (Å²) >= 11 is 3.59. The number of ether oxygens (including phenoxy) is 1. The molecule has 1 aromatic carbocycles. The van der Waals surface area contributed by atoms with Crippen LogP contribution in [-0.2, 0) is 6.42 Å². The van der Waals surface area contributed by atoms with Gasteiger partial charge >= 0.3 is 0 Å². The number of methoxy groups -OCH3 is 1. The molecular formula is C15H22BrNO. The molecule has 1 aliphatic heterocycles. The lowest BCUT2D eigenvalue weighted by atomic mass is 9.99. The van der Waals surface area contributed by atoms with Crippen molar-refractivity contribution in [3.05, 3.63) is 29.8 Å². The lowest BCUT2D eigenvalue weighted by molar-refractivity contribution is 0.197. The molecule has 3 heteroatoms. The van der Waals surface area contributed by atoms with Crippen molar-refractivity contribution in [2.75, 3.05) is 32.1 Å². The molecule has 0 aliphatic carbocycles. The highest BCUT2D eigenvalue weighted by molar-refractivity contribution is 9.09. The third-order valence-corrected chi connectivity index (χ3v) is 4.72. The first-order valence-corrected chi connectivity index (χ1v) is 7.85. The Morgan fingerprint density at radius 1 is 1.22 bits per heavy atom. The van der Waals surface area contributed by atoms with Gasteiger partial charge in [-0.1, -0.05) is 28.1 Å². The highest BCUT2D eigenvalue weighted by atomic mass is 79.9. The number of rotatable bonds is 5. The average molecular weight is 312 g/mol. The number of hydrogen-bond acceptors (Lipinski definition) is 2. The summed E-state index contributed by atoms with van der Waals surface area (Å²) in [4.78, 5) is 2.59. The predicted molar refractivity (Wildman–Crippen MR) is 79.7 cm³/mol. The normalized spacial score (nSPS) is 17.9. The minimum atomic E-state index is 0.891. The number of benzene rings is 1. The molecule has 1 aromatic rings. The summed E-state index contributed by atoms with van der Waals surface area (Å²) in [6.07, 6.45) is 3.82. The summed E-state index contributed by atoms with van der Waals surface area (Å²) in [7, 11) is 1.71. The molecule has 0 amide bonds. The molecule has 1 fully saturated rings. The Hall–Kier alpha value is -0.540. The predicted octanol–water partition coefficient (Wildman–Crippen LogP) is 3.34. The van der Waals surface area contributed by atoms with Crippen LogP contribution in [0.2, 0.25) is 0 Å². The third kappa shape index (κ3) is 3.99. The number of halogens is 1. The molecule has 18 heavy (non-hydrogen) atoms. The smallest absolute Gasteiger partial charge is 0.118 e. The van der Waals surface area contributed by atoms with E-state index in [4.69, 9.17) is 4.74 Å². The molecule has 1 saturated heterocycles. The van der Waals surface area contributed by atoms with Crippen LogP contribution >= 0.6 is 15.9 Å². The monoisotopic (exact) mass is 311 g/mol. The van der Waals surface area contributed by atoms with Crippen molar-refractivity contribution in [3.63, 3.8) is 0 Å². The molecule has 0 unspecified atom stereocenters. The van der Waals surface area contributed by atoms with E-state index in [-0.39, 0.29) is 0 Å². The van der Waals surface area contributed by atoms with Gasteiger partial charge in [0.05, 0.1) is 7.11 Å². The van der Waals surface area contributed by atoms with Gasteiger partial charge in [0, 0.05) is 11.9 Å². The topological polar surface area (TPSA) is 12.5 Å². The molecule has 0 atom stereocenters. The van der Waals surface area contributed by atoms with E-state index in [1.54, 1.807) is 7.11 Å². The molecule has 1 heterocycles. The zero-order valence-electron chi connectivity index (χ0n) is 11.1. The van der Waals surface area contributed by atoms with Crippen molar-refractivity contribution in [2.45, 2.75) is 19.3 Å².